The maximum absolute atomic E-state index is 11.3. The van der Waals surface area contributed by atoms with Gasteiger partial charge in [-0.1, -0.05) is 12.1 Å². The molecule has 1 aromatic carbocycles. The first kappa shape index (κ1) is 10.0. The molecule has 1 N–H and O–H groups in total. The fourth-order valence-corrected chi connectivity index (χ4v) is 1.85. The molecule has 71 valence electrons. The van der Waals surface area contributed by atoms with Gasteiger partial charge in [0.25, 0.3) is 0 Å². The van der Waals surface area contributed by atoms with Crippen molar-refractivity contribution in [3.8, 4) is 5.75 Å². The molecule has 0 spiro atoms. The molecular formula is C8H10NO3S. The van der Waals surface area contributed by atoms with Crippen molar-refractivity contribution in [3.63, 3.8) is 0 Å². The van der Waals surface area contributed by atoms with E-state index in [-0.39, 0.29) is 10.6 Å². The molecule has 0 aliphatic rings. The van der Waals surface area contributed by atoms with Crippen LogP contribution in [0.1, 0.15) is 0 Å². The summed E-state index contributed by atoms with van der Waals surface area (Å²) in [5.74, 6) is -0.373. The van der Waals surface area contributed by atoms with Crippen LogP contribution in [0.2, 0.25) is 0 Å². The van der Waals surface area contributed by atoms with Crippen LogP contribution in [0.3, 0.4) is 0 Å². The van der Waals surface area contributed by atoms with E-state index < -0.39 is 15.7 Å². The molecular weight excluding hydrogens is 190 g/mol. The summed E-state index contributed by atoms with van der Waals surface area (Å²) >= 11 is 0. The van der Waals surface area contributed by atoms with Crippen molar-refractivity contribution in [1.82, 2.24) is 5.73 Å². The molecule has 0 saturated carbocycles. The van der Waals surface area contributed by atoms with Crippen molar-refractivity contribution in [2.75, 3.05) is 13.0 Å². The summed E-state index contributed by atoms with van der Waals surface area (Å²) in [7, 11) is -2.10. The molecule has 1 radical (unpaired) electrons. The number of hydrogen-bond acceptors (Lipinski definition) is 3. The Bertz CT molecular complexity index is 386. The van der Waals surface area contributed by atoms with Crippen molar-refractivity contribution in [2.45, 2.75) is 4.90 Å². The first-order chi connectivity index (χ1) is 6.11. The van der Waals surface area contributed by atoms with E-state index >= 15 is 0 Å². The molecule has 0 aliphatic heterocycles. The monoisotopic (exact) mass is 200 g/mol. The van der Waals surface area contributed by atoms with Crippen molar-refractivity contribution >= 4 is 9.84 Å². The van der Waals surface area contributed by atoms with E-state index in [4.69, 9.17) is 10.5 Å². The SMILES string of the molecule is COc1ccccc1S(=O)(=O)C[NH]. The van der Waals surface area contributed by atoms with Crippen LogP contribution in [-0.2, 0) is 9.84 Å². The lowest BCUT2D eigenvalue weighted by Crippen LogP contribution is -2.08. The first-order valence-electron chi connectivity index (χ1n) is 3.62. The number of rotatable bonds is 3. The lowest BCUT2D eigenvalue weighted by atomic mass is 10.3. The minimum Gasteiger partial charge on any atom is -0.495 e. The molecule has 1 rings (SSSR count). The van der Waals surface area contributed by atoms with E-state index in [0.717, 1.165) is 0 Å². The Morgan fingerprint density at radius 1 is 1.38 bits per heavy atom. The predicted octanol–water partition coefficient (Wildman–Crippen LogP) is 0.709. The molecule has 0 fully saturated rings. The van der Waals surface area contributed by atoms with Gasteiger partial charge in [-0.2, -0.15) is 0 Å². The lowest BCUT2D eigenvalue weighted by Gasteiger charge is -2.06. The normalized spacial score (nSPS) is 11.2. The number of benzene rings is 1. The summed E-state index contributed by atoms with van der Waals surface area (Å²) in [5, 5.41) is 0. The van der Waals surface area contributed by atoms with Gasteiger partial charge >= 0.3 is 0 Å². The molecule has 0 unspecified atom stereocenters. The molecule has 0 bridgehead atoms. The highest BCUT2D eigenvalue weighted by Crippen LogP contribution is 2.22. The smallest absolute Gasteiger partial charge is 0.196 e. The average molecular weight is 200 g/mol. The number of sulfone groups is 1. The van der Waals surface area contributed by atoms with Gasteiger partial charge in [0, 0.05) is 0 Å². The van der Waals surface area contributed by atoms with Crippen LogP contribution < -0.4 is 10.5 Å². The van der Waals surface area contributed by atoms with Gasteiger partial charge in [0.05, 0.1) is 7.11 Å². The zero-order valence-electron chi connectivity index (χ0n) is 7.15. The highest BCUT2D eigenvalue weighted by atomic mass is 32.2. The second kappa shape index (κ2) is 3.76. The number of para-hydroxylation sites is 1. The van der Waals surface area contributed by atoms with Gasteiger partial charge in [-0.15, -0.1) is 0 Å². The topological polar surface area (TPSA) is 67.2 Å². The molecule has 5 heteroatoms. The van der Waals surface area contributed by atoms with Crippen LogP contribution in [-0.4, -0.2) is 21.4 Å². The molecule has 0 amide bonds. The minimum atomic E-state index is -3.50. The third-order valence-electron chi connectivity index (χ3n) is 1.59. The highest BCUT2D eigenvalue weighted by molar-refractivity contribution is 7.91. The number of methoxy groups -OCH3 is 1. The van der Waals surface area contributed by atoms with Crippen LogP contribution >= 0.6 is 0 Å². The summed E-state index contributed by atoms with van der Waals surface area (Å²) in [4.78, 5) is 0.0764. The Morgan fingerprint density at radius 2 is 2.00 bits per heavy atom. The Hall–Kier alpha value is -1.07. The van der Waals surface area contributed by atoms with Crippen LogP contribution in [0.15, 0.2) is 29.2 Å². The summed E-state index contributed by atoms with van der Waals surface area (Å²) < 4.78 is 27.5. The first-order valence-corrected chi connectivity index (χ1v) is 5.27. The second-order valence-electron chi connectivity index (χ2n) is 2.41. The summed E-state index contributed by atoms with van der Waals surface area (Å²) in [6.45, 7) is 0. The second-order valence-corrected chi connectivity index (χ2v) is 4.37. The fraction of sp³-hybridized carbons (Fsp3) is 0.250. The molecule has 0 heterocycles. The summed E-state index contributed by atoms with van der Waals surface area (Å²) in [5.41, 5.74) is 6.87. The lowest BCUT2D eigenvalue weighted by molar-refractivity contribution is 0.402. The van der Waals surface area contributed by atoms with Crippen molar-refractivity contribution in [1.29, 1.82) is 0 Å². The highest BCUT2D eigenvalue weighted by Gasteiger charge is 2.16. The predicted molar refractivity (Wildman–Crippen MR) is 48.1 cm³/mol. The molecule has 0 atom stereocenters. The minimum absolute atomic E-state index is 0.0764. The Labute approximate surface area is 77.2 Å². The Balaban J connectivity index is 3.29. The fourth-order valence-electron chi connectivity index (χ4n) is 0.953. The quantitative estimate of drug-likeness (QED) is 0.721. The third kappa shape index (κ3) is 1.99. The van der Waals surface area contributed by atoms with Gasteiger partial charge in [0.15, 0.2) is 9.84 Å². The third-order valence-corrected chi connectivity index (χ3v) is 2.98. The molecule has 0 saturated heterocycles. The van der Waals surface area contributed by atoms with E-state index in [1.54, 1.807) is 18.2 Å². The maximum atomic E-state index is 11.3. The van der Waals surface area contributed by atoms with E-state index in [9.17, 15) is 8.42 Å². The number of nitrogens with one attached hydrogen (secondary N) is 1. The van der Waals surface area contributed by atoms with Crippen LogP contribution in [0.4, 0.5) is 0 Å². The maximum Gasteiger partial charge on any atom is 0.196 e. The van der Waals surface area contributed by atoms with E-state index in [0.29, 0.717) is 0 Å². The van der Waals surface area contributed by atoms with Crippen molar-refractivity contribution in [2.24, 2.45) is 0 Å². The van der Waals surface area contributed by atoms with Gasteiger partial charge in [-0.25, -0.2) is 14.2 Å². The molecule has 1 aromatic rings. The summed E-state index contributed by atoms with van der Waals surface area (Å²) in [6, 6.07) is 6.28. The number of hydrogen-bond donors (Lipinski definition) is 0. The van der Waals surface area contributed by atoms with Gasteiger partial charge in [-0.3, -0.25) is 0 Å². The zero-order valence-corrected chi connectivity index (χ0v) is 7.97. The molecule has 4 nitrogen and oxygen atoms in total. The molecule has 0 aromatic heterocycles. The van der Waals surface area contributed by atoms with E-state index in [1.165, 1.54) is 13.2 Å². The van der Waals surface area contributed by atoms with Gasteiger partial charge in [0.1, 0.15) is 16.5 Å². The zero-order chi connectivity index (χ0) is 9.90. The molecule has 0 aliphatic carbocycles. The van der Waals surface area contributed by atoms with E-state index in [1.807, 2.05) is 0 Å². The van der Waals surface area contributed by atoms with Gasteiger partial charge in [-0.05, 0) is 12.1 Å². The van der Waals surface area contributed by atoms with Crippen LogP contribution in [0, 0.1) is 0 Å². The van der Waals surface area contributed by atoms with E-state index in [2.05, 4.69) is 0 Å². The van der Waals surface area contributed by atoms with Crippen LogP contribution in [0.5, 0.6) is 5.75 Å². The van der Waals surface area contributed by atoms with Crippen molar-refractivity contribution in [3.05, 3.63) is 24.3 Å². The number of ether oxygens (including phenoxy) is 1. The van der Waals surface area contributed by atoms with Gasteiger partial charge < -0.3 is 4.74 Å². The average Bonchev–Trinajstić information content (AvgIpc) is 2.18. The largest absolute Gasteiger partial charge is 0.495 e. The Kier molecular flexibility index (Phi) is 2.90. The molecule has 13 heavy (non-hydrogen) atoms. The summed E-state index contributed by atoms with van der Waals surface area (Å²) in [6.07, 6.45) is 0. The van der Waals surface area contributed by atoms with Gasteiger partial charge in [0.2, 0.25) is 0 Å². The van der Waals surface area contributed by atoms with Crippen LogP contribution in [0.25, 0.3) is 0 Å². The van der Waals surface area contributed by atoms with Crippen molar-refractivity contribution < 1.29 is 13.2 Å². The standard InChI is InChI=1S/C8H10NO3S/c1-12-7-4-2-3-5-8(7)13(10,11)6-9/h2-5,9H,6H2,1H3. The Morgan fingerprint density at radius 3 is 2.54 bits per heavy atom.